The van der Waals surface area contributed by atoms with Gasteiger partial charge in [-0.1, -0.05) is 18.2 Å². The van der Waals surface area contributed by atoms with E-state index in [1.165, 1.54) is 12.1 Å². The normalized spacial score (nSPS) is 15.3. The summed E-state index contributed by atoms with van der Waals surface area (Å²) in [4.78, 5) is 5.11. The van der Waals surface area contributed by atoms with E-state index in [1.807, 2.05) is 30.3 Å². The topological polar surface area (TPSA) is 62.4 Å². The van der Waals surface area contributed by atoms with E-state index in [2.05, 4.69) is 14.1 Å². The van der Waals surface area contributed by atoms with Crippen molar-refractivity contribution in [2.24, 2.45) is 0 Å². The quantitative estimate of drug-likeness (QED) is 0.603. The standard InChI is InChI=1S/C20H19F3N2O3S/c21-20(22,23)13-28-29(26,27)15-7-8-19(25-9-3-4-10-25)16(12-15)18-11-14-5-1-2-6-17(14)24-18/h1-2,5-8,11-12,24H,3-4,9-10,13H2. The predicted octanol–water partition coefficient (Wildman–Crippen LogP) is 4.70. The van der Waals surface area contributed by atoms with Gasteiger partial charge in [0.2, 0.25) is 0 Å². The van der Waals surface area contributed by atoms with Gasteiger partial charge in [-0.25, -0.2) is 0 Å². The molecule has 2 heterocycles. The van der Waals surface area contributed by atoms with Crippen LogP contribution in [-0.4, -0.2) is 39.3 Å². The number of anilines is 1. The van der Waals surface area contributed by atoms with E-state index in [-0.39, 0.29) is 4.90 Å². The van der Waals surface area contributed by atoms with Gasteiger partial charge in [-0.15, -0.1) is 0 Å². The fourth-order valence-electron chi connectivity index (χ4n) is 3.55. The molecule has 3 aromatic rings. The highest BCUT2D eigenvalue weighted by Gasteiger charge is 2.32. The number of aromatic nitrogens is 1. The molecule has 0 radical (unpaired) electrons. The largest absolute Gasteiger partial charge is 0.413 e. The Morgan fingerprint density at radius 1 is 1.03 bits per heavy atom. The Hall–Kier alpha value is -2.52. The highest BCUT2D eigenvalue weighted by atomic mass is 32.2. The molecule has 1 fully saturated rings. The molecule has 0 atom stereocenters. The summed E-state index contributed by atoms with van der Waals surface area (Å²) in [6.45, 7) is -0.182. The van der Waals surface area contributed by atoms with Gasteiger partial charge in [0, 0.05) is 40.9 Å². The number of alkyl halides is 3. The van der Waals surface area contributed by atoms with E-state index in [1.54, 1.807) is 6.07 Å². The van der Waals surface area contributed by atoms with Gasteiger partial charge in [0.15, 0.2) is 6.61 Å². The lowest BCUT2D eigenvalue weighted by molar-refractivity contribution is -0.152. The second kappa shape index (κ2) is 7.38. The number of fused-ring (bicyclic) bond motifs is 1. The van der Waals surface area contributed by atoms with E-state index < -0.39 is 22.9 Å². The van der Waals surface area contributed by atoms with Crippen LogP contribution in [0.25, 0.3) is 22.2 Å². The summed E-state index contributed by atoms with van der Waals surface area (Å²) in [6.07, 6.45) is -2.68. The Labute approximate surface area is 166 Å². The molecule has 0 saturated carbocycles. The van der Waals surface area contributed by atoms with E-state index >= 15 is 0 Å². The first kappa shape index (κ1) is 19.8. The fourth-order valence-corrected chi connectivity index (χ4v) is 4.47. The number of nitrogens with zero attached hydrogens (tertiary/aromatic N) is 1. The van der Waals surface area contributed by atoms with Gasteiger partial charge in [0.1, 0.15) is 0 Å². The first-order chi connectivity index (χ1) is 13.7. The molecule has 2 aromatic carbocycles. The third-order valence-corrected chi connectivity index (χ3v) is 6.16. The monoisotopic (exact) mass is 424 g/mol. The molecule has 1 aliphatic rings. The van der Waals surface area contributed by atoms with E-state index in [4.69, 9.17) is 0 Å². The average Bonchev–Trinajstić information content (AvgIpc) is 3.35. The lowest BCUT2D eigenvalue weighted by Gasteiger charge is -2.22. The van der Waals surface area contributed by atoms with Crippen LogP contribution in [0.2, 0.25) is 0 Å². The first-order valence-electron chi connectivity index (χ1n) is 9.16. The van der Waals surface area contributed by atoms with Crippen molar-refractivity contribution in [1.82, 2.24) is 4.98 Å². The molecule has 4 rings (SSSR count). The van der Waals surface area contributed by atoms with Gasteiger partial charge in [-0.2, -0.15) is 21.6 Å². The minimum atomic E-state index is -4.73. The summed E-state index contributed by atoms with van der Waals surface area (Å²) in [7, 11) is -4.55. The maximum absolute atomic E-state index is 12.4. The van der Waals surface area contributed by atoms with Gasteiger partial charge in [0.05, 0.1) is 4.90 Å². The van der Waals surface area contributed by atoms with Crippen molar-refractivity contribution >= 4 is 26.7 Å². The van der Waals surface area contributed by atoms with Crippen LogP contribution in [0.3, 0.4) is 0 Å². The van der Waals surface area contributed by atoms with Gasteiger partial charge >= 0.3 is 6.18 Å². The number of nitrogens with one attached hydrogen (secondary N) is 1. The molecule has 5 nitrogen and oxygen atoms in total. The molecular weight excluding hydrogens is 405 g/mol. The summed E-state index contributed by atoms with van der Waals surface area (Å²) < 4.78 is 66.2. The minimum absolute atomic E-state index is 0.307. The number of para-hydroxylation sites is 1. The lowest BCUT2D eigenvalue weighted by Crippen LogP contribution is -2.21. The Kier molecular flexibility index (Phi) is 5.04. The van der Waals surface area contributed by atoms with E-state index in [0.717, 1.165) is 42.5 Å². The molecule has 29 heavy (non-hydrogen) atoms. The average molecular weight is 424 g/mol. The van der Waals surface area contributed by atoms with Crippen molar-refractivity contribution in [2.75, 3.05) is 24.6 Å². The van der Waals surface area contributed by atoms with Crippen molar-refractivity contribution in [3.8, 4) is 11.3 Å². The number of benzene rings is 2. The maximum atomic E-state index is 12.4. The molecule has 0 aliphatic carbocycles. The lowest BCUT2D eigenvalue weighted by atomic mass is 10.1. The Bertz CT molecular complexity index is 1100. The molecule has 1 saturated heterocycles. The van der Waals surface area contributed by atoms with Crippen molar-refractivity contribution < 1.29 is 25.8 Å². The van der Waals surface area contributed by atoms with E-state index in [9.17, 15) is 21.6 Å². The number of hydrogen-bond acceptors (Lipinski definition) is 4. The summed E-state index contributed by atoms with van der Waals surface area (Å²) >= 11 is 0. The molecule has 0 unspecified atom stereocenters. The van der Waals surface area contributed by atoms with E-state index in [0.29, 0.717) is 11.3 Å². The first-order valence-corrected chi connectivity index (χ1v) is 10.6. The Morgan fingerprint density at radius 3 is 2.45 bits per heavy atom. The predicted molar refractivity (Wildman–Crippen MR) is 104 cm³/mol. The van der Waals surface area contributed by atoms with Crippen LogP contribution >= 0.6 is 0 Å². The smallest absolute Gasteiger partial charge is 0.371 e. The van der Waals surface area contributed by atoms with Crippen LogP contribution in [0, 0.1) is 0 Å². The van der Waals surface area contributed by atoms with Crippen molar-refractivity contribution in [1.29, 1.82) is 0 Å². The molecule has 0 spiro atoms. The minimum Gasteiger partial charge on any atom is -0.371 e. The third-order valence-electron chi connectivity index (χ3n) is 4.90. The van der Waals surface area contributed by atoms with Crippen molar-refractivity contribution in [3.63, 3.8) is 0 Å². The van der Waals surface area contributed by atoms with Gasteiger partial charge in [0.25, 0.3) is 10.1 Å². The van der Waals surface area contributed by atoms with Crippen LogP contribution < -0.4 is 4.90 Å². The number of hydrogen-bond donors (Lipinski definition) is 1. The van der Waals surface area contributed by atoms with Gasteiger partial charge < -0.3 is 9.88 Å². The van der Waals surface area contributed by atoms with Gasteiger partial charge in [-0.3, -0.25) is 4.18 Å². The molecule has 9 heteroatoms. The zero-order valence-corrected chi connectivity index (χ0v) is 16.2. The van der Waals surface area contributed by atoms with Crippen molar-refractivity contribution in [3.05, 3.63) is 48.5 Å². The summed E-state index contributed by atoms with van der Waals surface area (Å²) in [6, 6.07) is 13.8. The molecule has 0 amide bonds. The number of aromatic amines is 1. The molecule has 0 bridgehead atoms. The maximum Gasteiger partial charge on any atom is 0.413 e. The Morgan fingerprint density at radius 2 is 1.76 bits per heavy atom. The molecular formula is C20H19F3N2O3S. The number of rotatable bonds is 5. The third kappa shape index (κ3) is 4.25. The molecule has 1 N–H and O–H groups in total. The number of H-pyrrole nitrogens is 1. The molecule has 154 valence electrons. The van der Waals surface area contributed by atoms with Crippen molar-refractivity contribution in [2.45, 2.75) is 23.9 Å². The number of halogens is 3. The summed E-state index contributed by atoms with van der Waals surface area (Å²) in [5.74, 6) is 0. The molecule has 1 aromatic heterocycles. The second-order valence-electron chi connectivity index (χ2n) is 6.97. The van der Waals surface area contributed by atoms with Crippen LogP contribution in [0.1, 0.15) is 12.8 Å². The van der Waals surface area contributed by atoms with Crippen LogP contribution in [0.15, 0.2) is 53.4 Å². The zero-order chi connectivity index (χ0) is 20.6. The second-order valence-corrected chi connectivity index (χ2v) is 8.59. The van der Waals surface area contributed by atoms with Crippen LogP contribution in [0.4, 0.5) is 18.9 Å². The van der Waals surface area contributed by atoms with Crippen LogP contribution in [0.5, 0.6) is 0 Å². The highest BCUT2D eigenvalue weighted by molar-refractivity contribution is 7.86. The van der Waals surface area contributed by atoms with Crippen LogP contribution in [-0.2, 0) is 14.3 Å². The SMILES string of the molecule is O=S(=O)(OCC(F)(F)F)c1ccc(N2CCCC2)c(-c2cc3ccccc3[nH]2)c1. The molecule has 1 aliphatic heterocycles. The summed E-state index contributed by atoms with van der Waals surface area (Å²) in [5, 5.41) is 0.955. The van der Waals surface area contributed by atoms with Gasteiger partial charge in [-0.05, 0) is 43.2 Å². The highest BCUT2D eigenvalue weighted by Crippen LogP contribution is 2.36. The summed E-state index contributed by atoms with van der Waals surface area (Å²) in [5.41, 5.74) is 3.03. The fraction of sp³-hybridized carbons (Fsp3) is 0.300. The Balaban J connectivity index is 1.79. The zero-order valence-electron chi connectivity index (χ0n) is 15.4.